The van der Waals surface area contributed by atoms with Crippen LogP contribution in [0.5, 0.6) is 11.5 Å². The molecule has 4 heteroatoms. The van der Waals surface area contributed by atoms with Crippen LogP contribution in [0.2, 0.25) is 5.02 Å². The van der Waals surface area contributed by atoms with E-state index in [0.717, 1.165) is 5.56 Å². The maximum Gasteiger partial charge on any atom is 0.155 e. The van der Waals surface area contributed by atoms with E-state index in [4.69, 9.17) is 11.6 Å². The van der Waals surface area contributed by atoms with Crippen molar-refractivity contribution in [1.82, 2.24) is 0 Å². The number of phenols is 2. The van der Waals surface area contributed by atoms with Gasteiger partial charge in [0.2, 0.25) is 0 Å². The summed E-state index contributed by atoms with van der Waals surface area (Å²) in [5.74, 6) is 0.00629. The molecule has 2 rings (SSSR count). The third-order valence-corrected chi connectivity index (χ3v) is 2.86. The minimum atomic E-state index is -0.146. The minimum Gasteiger partial charge on any atom is -0.508 e. The van der Waals surface area contributed by atoms with Gasteiger partial charge in [-0.3, -0.25) is 4.79 Å². The molecule has 0 heterocycles. The molecule has 0 unspecified atom stereocenters. The average molecular weight is 249 g/mol. The summed E-state index contributed by atoms with van der Waals surface area (Å²) in [5.41, 5.74) is 1.46. The number of phenolic OH excluding ortho intramolecular Hbond substituents is 2. The SMILES string of the molecule is O=Cc1c(O)ccc(-c2ccc(O)cc2)c1Cl. The lowest BCUT2D eigenvalue weighted by Crippen LogP contribution is -1.87. The van der Waals surface area contributed by atoms with E-state index in [-0.39, 0.29) is 22.1 Å². The summed E-state index contributed by atoms with van der Waals surface area (Å²) in [6, 6.07) is 9.46. The predicted molar refractivity (Wildman–Crippen MR) is 65.6 cm³/mol. The minimum absolute atomic E-state index is 0.0669. The van der Waals surface area contributed by atoms with E-state index in [1.54, 1.807) is 18.2 Å². The van der Waals surface area contributed by atoms with Crippen molar-refractivity contribution >= 4 is 17.9 Å². The number of hydrogen-bond acceptors (Lipinski definition) is 3. The zero-order valence-electron chi connectivity index (χ0n) is 8.72. The highest BCUT2D eigenvalue weighted by Gasteiger charge is 2.11. The third kappa shape index (κ3) is 2.10. The Bertz CT molecular complexity index is 562. The van der Waals surface area contributed by atoms with Crippen molar-refractivity contribution in [3.63, 3.8) is 0 Å². The van der Waals surface area contributed by atoms with Gasteiger partial charge in [-0.05, 0) is 29.8 Å². The van der Waals surface area contributed by atoms with Crippen LogP contribution >= 0.6 is 11.6 Å². The van der Waals surface area contributed by atoms with Crippen molar-refractivity contribution < 1.29 is 15.0 Å². The molecule has 0 saturated heterocycles. The van der Waals surface area contributed by atoms with Crippen LogP contribution in [0.4, 0.5) is 0 Å². The Kier molecular flexibility index (Phi) is 3.02. The van der Waals surface area contributed by atoms with Crippen LogP contribution in [0.25, 0.3) is 11.1 Å². The highest BCUT2D eigenvalue weighted by atomic mass is 35.5. The zero-order valence-corrected chi connectivity index (χ0v) is 9.48. The summed E-state index contributed by atoms with van der Waals surface area (Å²) in [6.45, 7) is 0. The number of aldehydes is 1. The maximum atomic E-state index is 10.8. The molecule has 0 amide bonds. The zero-order chi connectivity index (χ0) is 12.4. The number of benzene rings is 2. The molecule has 0 fully saturated rings. The van der Waals surface area contributed by atoms with Crippen LogP contribution in [-0.4, -0.2) is 16.5 Å². The lowest BCUT2D eigenvalue weighted by atomic mass is 10.0. The molecular formula is C13H9ClO3. The summed E-state index contributed by atoms with van der Waals surface area (Å²) in [4.78, 5) is 10.8. The molecule has 0 aromatic heterocycles. The molecule has 2 aromatic carbocycles. The van der Waals surface area contributed by atoms with Crippen LogP contribution in [0.3, 0.4) is 0 Å². The number of carbonyl (C=O) groups is 1. The third-order valence-electron chi connectivity index (χ3n) is 2.45. The number of rotatable bonds is 2. The van der Waals surface area contributed by atoms with Gasteiger partial charge >= 0.3 is 0 Å². The molecule has 0 spiro atoms. The van der Waals surface area contributed by atoms with Crippen LogP contribution in [0.1, 0.15) is 10.4 Å². The van der Waals surface area contributed by atoms with Gasteiger partial charge in [-0.1, -0.05) is 23.7 Å². The topological polar surface area (TPSA) is 57.5 Å². The summed E-state index contributed by atoms with van der Waals surface area (Å²) < 4.78 is 0. The van der Waals surface area contributed by atoms with Gasteiger partial charge in [-0.25, -0.2) is 0 Å². The number of carbonyl (C=O) groups excluding carboxylic acids is 1. The second kappa shape index (κ2) is 4.47. The Morgan fingerprint density at radius 2 is 1.65 bits per heavy atom. The van der Waals surface area contributed by atoms with Crippen molar-refractivity contribution in [2.75, 3.05) is 0 Å². The fraction of sp³-hybridized carbons (Fsp3) is 0. The first-order valence-corrected chi connectivity index (χ1v) is 5.27. The van der Waals surface area contributed by atoms with Gasteiger partial charge in [0.1, 0.15) is 11.5 Å². The Hall–Kier alpha value is -2.00. The Labute approximate surface area is 103 Å². The molecule has 0 radical (unpaired) electrons. The molecule has 86 valence electrons. The Morgan fingerprint density at radius 1 is 1.00 bits per heavy atom. The summed E-state index contributed by atoms with van der Waals surface area (Å²) >= 11 is 6.03. The maximum absolute atomic E-state index is 10.8. The largest absolute Gasteiger partial charge is 0.508 e. The fourth-order valence-electron chi connectivity index (χ4n) is 1.56. The summed E-state index contributed by atoms with van der Waals surface area (Å²) in [7, 11) is 0. The monoisotopic (exact) mass is 248 g/mol. The lowest BCUT2D eigenvalue weighted by molar-refractivity contribution is 0.112. The van der Waals surface area contributed by atoms with Crippen molar-refractivity contribution in [3.8, 4) is 22.6 Å². The number of halogens is 1. The molecule has 0 aliphatic rings. The first-order valence-electron chi connectivity index (χ1n) is 4.89. The quantitative estimate of drug-likeness (QED) is 0.803. The smallest absolute Gasteiger partial charge is 0.155 e. The van der Waals surface area contributed by atoms with E-state index < -0.39 is 0 Å². The fourth-order valence-corrected chi connectivity index (χ4v) is 1.87. The molecule has 0 aliphatic carbocycles. The van der Waals surface area contributed by atoms with E-state index >= 15 is 0 Å². The summed E-state index contributed by atoms with van der Waals surface area (Å²) in [6.07, 6.45) is 0.515. The van der Waals surface area contributed by atoms with Gasteiger partial charge in [0.25, 0.3) is 0 Å². The number of hydrogen-bond donors (Lipinski definition) is 2. The average Bonchev–Trinajstić information content (AvgIpc) is 2.31. The highest BCUT2D eigenvalue weighted by molar-refractivity contribution is 6.36. The number of aromatic hydroxyl groups is 2. The molecule has 17 heavy (non-hydrogen) atoms. The van der Waals surface area contributed by atoms with Gasteiger partial charge in [-0.2, -0.15) is 0 Å². The van der Waals surface area contributed by atoms with Crippen molar-refractivity contribution in [2.45, 2.75) is 0 Å². The van der Waals surface area contributed by atoms with Crippen LogP contribution < -0.4 is 0 Å². The van der Waals surface area contributed by atoms with Gasteiger partial charge in [0.05, 0.1) is 10.6 Å². The van der Waals surface area contributed by atoms with Gasteiger partial charge in [-0.15, -0.1) is 0 Å². The van der Waals surface area contributed by atoms with Gasteiger partial charge in [0.15, 0.2) is 6.29 Å². The molecule has 0 bridgehead atoms. The van der Waals surface area contributed by atoms with Crippen LogP contribution in [0, 0.1) is 0 Å². The van der Waals surface area contributed by atoms with Gasteiger partial charge < -0.3 is 10.2 Å². The molecule has 0 aliphatic heterocycles. The molecule has 3 nitrogen and oxygen atoms in total. The van der Waals surface area contributed by atoms with E-state index in [0.29, 0.717) is 11.8 Å². The highest BCUT2D eigenvalue weighted by Crippen LogP contribution is 2.34. The lowest BCUT2D eigenvalue weighted by Gasteiger charge is -2.08. The van der Waals surface area contributed by atoms with Crippen molar-refractivity contribution in [1.29, 1.82) is 0 Å². The van der Waals surface area contributed by atoms with Gasteiger partial charge in [0, 0.05) is 5.56 Å². The summed E-state index contributed by atoms with van der Waals surface area (Å²) in [5, 5.41) is 18.8. The second-order valence-electron chi connectivity index (χ2n) is 3.52. The molecular weight excluding hydrogens is 240 g/mol. The Morgan fingerprint density at radius 3 is 2.24 bits per heavy atom. The molecule has 2 aromatic rings. The molecule has 0 atom stereocenters. The van der Waals surface area contributed by atoms with Crippen LogP contribution in [-0.2, 0) is 0 Å². The normalized spacial score (nSPS) is 10.2. The van der Waals surface area contributed by atoms with E-state index in [1.165, 1.54) is 18.2 Å². The van der Waals surface area contributed by atoms with Crippen molar-refractivity contribution in [2.24, 2.45) is 0 Å². The van der Waals surface area contributed by atoms with E-state index in [9.17, 15) is 15.0 Å². The van der Waals surface area contributed by atoms with E-state index in [2.05, 4.69) is 0 Å². The standard InChI is InChI=1S/C13H9ClO3/c14-13-10(5-6-12(17)11(13)7-15)8-1-3-9(16)4-2-8/h1-7,16-17H. The first kappa shape index (κ1) is 11.5. The van der Waals surface area contributed by atoms with Crippen LogP contribution in [0.15, 0.2) is 36.4 Å². The Balaban J connectivity index is 2.60. The second-order valence-corrected chi connectivity index (χ2v) is 3.90. The molecule has 2 N–H and O–H groups in total. The first-order chi connectivity index (χ1) is 8.13. The van der Waals surface area contributed by atoms with Crippen molar-refractivity contribution in [3.05, 3.63) is 47.0 Å². The predicted octanol–water partition coefficient (Wildman–Crippen LogP) is 3.23. The molecule has 0 saturated carbocycles. The van der Waals surface area contributed by atoms with E-state index in [1.807, 2.05) is 0 Å².